The summed E-state index contributed by atoms with van der Waals surface area (Å²) in [5.74, 6) is 1.74. The number of nitrogens with two attached hydrogens (primary N) is 1. The molecule has 2 heterocycles. The molecule has 6 N–H and O–H groups in total. The van der Waals surface area contributed by atoms with Gasteiger partial charge in [-0.2, -0.15) is 4.72 Å². The van der Waals surface area contributed by atoms with Crippen LogP contribution in [0.4, 0.5) is 0 Å². The normalized spacial score (nSPS) is 29.5. The van der Waals surface area contributed by atoms with Crippen LogP contribution in [-0.2, 0) is 14.8 Å². The summed E-state index contributed by atoms with van der Waals surface area (Å²) in [5.41, 5.74) is 6.50. The Morgan fingerprint density at radius 2 is 1.68 bits per heavy atom. The lowest BCUT2D eigenvalue weighted by Crippen LogP contribution is -2.67. The van der Waals surface area contributed by atoms with Gasteiger partial charge in [-0.25, -0.2) is 18.0 Å². The highest BCUT2D eigenvalue weighted by molar-refractivity contribution is 7.89. The van der Waals surface area contributed by atoms with Gasteiger partial charge in [-0.1, -0.05) is 13.8 Å². The molecule has 4 fully saturated rings. The van der Waals surface area contributed by atoms with E-state index < -0.39 is 21.6 Å². The molecule has 4 aliphatic carbocycles. The molecule has 1 atom stereocenters. The van der Waals surface area contributed by atoms with Gasteiger partial charge < -0.3 is 21.3 Å². The van der Waals surface area contributed by atoms with E-state index in [0.29, 0.717) is 24.8 Å². The Kier molecular flexibility index (Phi) is 6.74. The quantitative estimate of drug-likeness (QED) is 0.332. The maximum atomic E-state index is 13.3. The van der Waals surface area contributed by atoms with Crippen LogP contribution in [-0.4, -0.2) is 52.2 Å². The summed E-state index contributed by atoms with van der Waals surface area (Å²) in [6, 6.07) is 4.33. The topological polar surface area (TPSA) is 160 Å². The van der Waals surface area contributed by atoms with Gasteiger partial charge in [-0.15, -0.1) is 0 Å². The standard InChI is InChI=1S/C26H37N5O5S/c1-15(2)7-21(25(34)29-14-26(27)18-9-16-8-17(11-18)12-19(26)10-16)30-37(35,36)20-3-4-22(28-13-20)31-23(32)5-6-24(31)33/h3-6,13,15-19,21,30,32-33H,7-12,14,27H2,1-2H3,(H,29,34). The molecule has 37 heavy (non-hydrogen) atoms. The minimum absolute atomic E-state index is 0.0756. The number of carbonyl (C=O) groups is 1. The van der Waals surface area contributed by atoms with E-state index in [9.17, 15) is 23.4 Å². The van der Waals surface area contributed by atoms with E-state index >= 15 is 0 Å². The highest BCUT2D eigenvalue weighted by Gasteiger charge is 2.55. The highest BCUT2D eigenvalue weighted by Crippen LogP contribution is 2.57. The molecule has 2 aromatic rings. The summed E-state index contributed by atoms with van der Waals surface area (Å²) in [6.07, 6.45) is 7.29. The number of rotatable bonds is 9. The molecule has 202 valence electrons. The van der Waals surface area contributed by atoms with Crippen LogP contribution in [0.3, 0.4) is 0 Å². The van der Waals surface area contributed by atoms with Gasteiger partial charge in [0.2, 0.25) is 15.9 Å². The van der Waals surface area contributed by atoms with E-state index in [-0.39, 0.29) is 34.3 Å². The predicted molar refractivity (Wildman–Crippen MR) is 137 cm³/mol. The molecule has 11 heteroatoms. The highest BCUT2D eigenvalue weighted by atomic mass is 32.2. The third kappa shape index (κ3) is 4.96. The Hall–Kier alpha value is -2.63. The molecule has 0 spiro atoms. The number of sulfonamides is 1. The Balaban J connectivity index is 1.28. The number of nitrogens with zero attached hydrogens (tertiary/aromatic N) is 2. The van der Waals surface area contributed by atoms with Gasteiger partial charge in [0.15, 0.2) is 11.8 Å². The lowest BCUT2D eigenvalue weighted by molar-refractivity contribution is -0.124. The lowest BCUT2D eigenvalue weighted by Gasteiger charge is -2.60. The zero-order valence-corrected chi connectivity index (χ0v) is 22.1. The predicted octanol–water partition coefficient (Wildman–Crippen LogP) is 2.25. The summed E-state index contributed by atoms with van der Waals surface area (Å²) in [7, 11) is -4.07. The first-order chi connectivity index (χ1) is 17.5. The van der Waals surface area contributed by atoms with Gasteiger partial charge in [0, 0.05) is 30.4 Å². The number of aromatic nitrogens is 2. The fraction of sp³-hybridized carbons (Fsp3) is 0.615. The molecule has 2 aromatic heterocycles. The minimum Gasteiger partial charge on any atom is -0.494 e. The Labute approximate surface area is 217 Å². The van der Waals surface area contributed by atoms with E-state index in [2.05, 4.69) is 15.0 Å². The van der Waals surface area contributed by atoms with Gasteiger partial charge in [0.1, 0.15) is 16.8 Å². The summed E-state index contributed by atoms with van der Waals surface area (Å²) in [5, 5.41) is 22.8. The molecular weight excluding hydrogens is 494 g/mol. The molecule has 0 saturated heterocycles. The monoisotopic (exact) mass is 531 g/mol. The minimum atomic E-state index is -4.07. The molecule has 4 saturated carbocycles. The number of hydrogen-bond acceptors (Lipinski definition) is 7. The first kappa shape index (κ1) is 26.0. The first-order valence-corrected chi connectivity index (χ1v) is 14.6. The molecule has 0 aliphatic heterocycles. The van der Waals surface area contributed by atoms with E-state index in [1.165, 1.54) is 30.7 Å². The third-order valence-electron chi connectivity index (χ3n) is 8.65. The van der Waals surface area contributed by atoms with E-state index in [1.807, 2.05) is 13.8 Å². The van der Waals surface area contributed by atoms with E-state index in [4.69, 9.17) is 5.73 Å². The van der Waals surface area contributed by atoms with Crippen LogP contribution >= 0.6 is 0 Å². The van der Waals surface area contributed by atoms with Gasteiger partial charge >= 0.3 is 0 Å². The van der Waals surface area contributed by atoms with Crippen molar-refractivity contribution >= 4 is 15.9 Å². The van der Waals surface area contributed by atoms with Gasteiger partial charge in [0.05, 0.1) is 0 Å². The van der Waals surface area contributed by atoms with Crippen LogP contribution in [0, 0.1) is 29.6 Å². The van der Waals surface area contributed by atoms with Crippen molar-refractivity contribution in [2.24, 2.45) is 35.3 Å². The van der Waals surface area contributed by atoms with Crippen molar-refractivity contribution in [2.75, 3.05) is 6.54 Å². The number of hydrogen-bond donors (Lipinski definition) is 5. The number of nitrogens with one attached hydrogen (secondary N) is 2. The average Bonchev–Trinajstić information content (AvgIpc) is 3.17. The fourth-order valence-electron chi connectivity index (χ4n) is 6.96. The number of pyridine rings is 1. The average molecular weight is 532 g/mol. The lowest BCUT2D eigenvalue weighted by atomic mass is 9.49. The smallest absolute Gasteiger partial charge is 0.242 e. The number of aromatic hydroxyl groups is 2. The van der Waals surface area contributed by atoms with Gasteiger partial charge in [-0.05, 0) is 80.2 Å². The van der Waals surface area contributed by atoms with E-state index in [1.54, 1.807) is 0 Å². The fourth-order valence-corrected chi connectivity index (χ4v) is 8.12. The van der Waals surface area contributed by atoms with Crippen LogP contribution < -0.4 is 15.8 Å². The molecule has 0 aromatic carbocycles. The second-order valence-corrected chi connectivity index (χ2v) is 13.4. The van der Waals surface area contributed by atoms with Crippen molar-refractivity contribution in [3.8, 4) is 17.6 Å². The van der Waals surface area contributed by atoms with Crippen LogP contribution in [0.5, 0.6) is 11.8 Å². The van der Waals surface area contributed by atoms with Crippen molar-refractivity contribution in [3.05, 3.63) is 30.5 Å². The SMILES string of the molecule is CC(C)CC(NS(=O)(=O)c1ccc(-n2c(O)ccc2O)nc1)C(=O)NCC1(N)C2CC3CC(C2)CC1C3. The van der Waals surface area contributed by atoms with Crippen LogP contribution in [0.15, 0.2) is 35.4 Å². The zero-order chi connectivity index (χ0) is 26.5. The van der Waals surface area contributed by atoms with Crippen molar-refractivity contribution < 1.29 is 23.4 Å². The van der Waals surface area contributed by atoms with Crippen molar-refractivity contribution in [1.29, 1.82) is 0 Å². The van der Waals surface area contributed by atoms with Crippen LogP contribution in [0.2, 0.25) is 0 Å². The molecule has 1 unspecified atom stereocenters. The summed E-state index contributed by atoms with van der Waals surface area (Å²) >= 11 is 0. The summed E-state index contributed by atoms with van der Waals surface area (Å²) < 4.78 is 30.0. The van der Waals surface area contributed by atoms with E-state index in [0.717, 1.165) is 48.3 Å². The number of amides is 1. The largest absolute Gasteiger partial charge is 0.494 e. The molecule has 4 aliphatic rings. The van der Waals surface area contributed by atoms with Crippen molar-refractivity contribution in [1.82, 2.24) is 19.6 Å². The maximum Gasteiger partial charge on any atom is 0.242 e. The van der Waals surface area contributed by atoms with Crippen LogP contribution in [0.1, 0.15) is 52.4 Å². The zero-order valence-electron chi connectivity index (χ0n) is 21.3. The second kappa shape index (κ2) is 9.59. The van der Waals surface area contributed by atoms with Gasteiger partial charge in [0.25, 0.3) is 0 Å². The third-order valence-corrected chi connectivity index (χ3v) is 10.1. The Morgan fingerprint density at radius 1 is 1.08 bits per heavy atom. The second-order valence-electron chi connectivity index (χ2n) is 11.7. The maximum absolute atomic E-state index is 13.3. The molecular formula is C26H37N5O5S. The Bertz CT molecular complexity index is 1210. The molecule has 6 rings (SSSR count). The summed E-state index contributed by atoms with van der Waals surface area (Å²) in [6.45, 7) is 4.23. The molecule has 1 amide bonds. The van der Waals surface area contributed by atoms with Gasteiger partial charge in [-0.3, -0.25) is 4.79 Å². The molecule has 10 nitrogen and oxygen atoms in total. The Morgan fingerprint density at radius 3 is 2.19 bits per heavy atom. The van der Waals surface area contributed by atoms with Crippen LogP contribution in [0.25, 0.3) is 5.82 Å². The molecule has 4 bridgehead atoms. The molecule has 0 radical (unpaired) electrons. The first-order valence-electron chi connectivity index (χ1n) is 13.1. The van der Waals surface area contributed by atoms with Crippen molar-refractivity contribution in [2.45, 2.75) is 68.8 Å². The number of carbonyl (C=O) groups excluding carboxylic acids is 1. The van der Waals surface area contributed by atoms with Crippen molar-refractivity contribution in [3.63, 3.8) is 0 Å². The summed E-state index contributed by atoms with van der Waals surface area (Å²) in [4.78, 5) is 17.2.